The van der Waals surface area contributed by atoms with Crippen LogP contribution in [0.2, 0.25) is 0 Å². The highest BCUT2D eigenvalue weighted by Crippen LogP contribution is 2.23. The SMILES string of the molecule is CCCCCCCCCc1ccc(-c2cnc(-c3ccc(C#N)c(F)c3)nc2)cc1. The molecule has 0 aliphatic heterocycles. The first-order valence-electron chi connectivity index (χ1n) is 10.8. The van der Waals surface area contributed by atoms with Gasteiger partial charge in [-0.3, -0.25) is 0 Å². The maximum absolute atomic E-state index is 13.8. The molecular weight excluding hydrogens is 373 g/mol. The standard InChI is InChI=1S/C26H28FN3/c1-2-3-4-5-6-7-8-9-20-10-12-21(13-11-20)24-18-29-26(30-19-24)22-14-15-23(17-28)25(27)16-22/h10-16,18-19H,2-9H2,1H3. The Hall–Kier alpha value is -3.06. The molecule has 0 saturated heterocycles. The Labute approximate surface area is 178 Å². The van der Waals surface area contributed by atoms with Gasteiger partial charge in [-0.05, 0) is 42.2 Å². The summed E-state index contributed by atoms with van der Waals surface area (Å²) in [6.45, 7) is 2.25. The lowest BCUT2D eigenvalue weighted by molar-refractivity contribution is 0.589. The second-order valence-electron chi connectivity index (χ2n) is 7.67. The number of rotatable bonds is 10. The van der Waals surface area contributed by atoms with Gasteiger partial charge in [0.05, 0.1) is 5.56 Å². The zero-order valence-electron chi connectivity index (χ0n) is 17.6. The number of hydrogen-bond donors (Lipinski definition) is 0. The van der Waals surface area contributed by atoms with E-state index < -0.39 is 5.82 Å². The van der Waals surface area contributed by atoms with E-state index in [1.165, 1.54) is 62.6 Å². The van der Waals surface area contributed by atoms with Crippen molar-refractivity contribution in [1.82, 2.24) is 9.97 Å². The zero-order valence-corrected chi connectivity index (χ0v) is 17.6. The monoisotopic (exact) mass is 401 g/mol. The third kappa shape index (κ3) is 5.97. The minimum atomic E-state index is -0.556. The Balaban J connectivity index is 1.55. The molecule has 1 heterocycles. The molecule has 0 radical (unpaired) electrons. The first kappa shape index (κ1) is 21.6. The van der Waals surface area contributed by atoms with Crippen LogP contribution in [-0.4, -0.2) is 9.97 Å². The van der Waals surface area contributed by atoms with Crippen LogP contribution in [-0.2, 0) is 6.42 Å². The maximum atomic E-state index is 13.8. The molecule has 2 aromatic carbocycles. The summed E-state index contributed by atoms with van der Waals surface area (Å²) in [5.74, 6) is -0.114. The molecule has 0 aliphatic rings. The summed E-state index contributed by atoms with van der Waals surface area (Å²) in [6.07, 6.45) is 13.9. The number of hydrogen-bond acceptors (Lipinski definition) is 3. The first-order chi connectivity index (χ1) is 14.7. The van der Waals surface area contributed by atoms with Gasteiger partial charge in [0, 0.05) is 23.5 Å². The van der Waals surface area contributed by atoms with Gasteiger partial charge in [0.15, 0.2) is 5.82 Å². The lowest BCUT2D eigenvalue weighted by atomic mass is 10.0. The third-order valence-electron chi connectivity index (χ3n) is 5.36. The van der Waals surface area contributed by atoms with E-state index in [-0.39, 0.29) is 5.56 Å². The Kier molecular flexibility index (Phi) is 8.09. The smallest absolute Gasteiger partial charge is 0.159 e. The lowest BCUT2D eigenvalue weighted by Gasteiger charge is -2.06. The number of unbranched alkanes of at least 4 members (excludes halogenated alkanes) is 6. The number of aryl methyl sites for hydroxylation is 1. The summed E-state index contributed by atoms with van der Waals surface area (Å²) in [6, 6.07) is 14.8. The molecule has 0 N–H and O–H groups in total. The van der Waals surface area contributed by atoms with E-state index in [2.05, 4.69) is 41.2 Å². The highest BCUT2D eigenvalue weighted by atomic mass is 19.1. The van der Waals surface area contributed by atoms with E-state index in [0.29, 0.717) is 11.4 Å². The van der Waals surface area contributed by atoms with E-state index >= 15 is 0 Å². The van der Waals surface area contributed by atoms with Crippen LogP contribution in [0.25, 0.3) is 22.5 Å². The number of nitrogens with zero attached hydrogens (tertiary/aromatic N) is 3. The van der Waals surface area contributed by atoms with Crippen molar-refractivity contribution in [3.63, 3.8) is 0 Å². The van der Waals surface area contributed by atoms with Gasteiger partial charge < -0.3 is 0 Å². The Morgan fingerprint density at radius 3 is 2.07 bits per heavy atom. The molecule has 0 amide bonds. The fraction of sp³-hybridized carbons (Fsp3) is 0.346. The molecule has 154 valence electrons. The summed E-state index contributed by atoms with van der Waals surface area (Å²) in [7, 11) is 0. The average molecular weight is 402 g/mol. The summed E-state index contributed by atoms with van der Waals surface area (Å²) in [4.78, 5) is 8.75. The largest absolute Gasteiger partial charge is 0.236 e. The van der Waals surface area contributed by atoms with Crippen molar-refractivity contribution in [3.8, 4) is 28.6 Å². The maximum Gasteiger partial charge on any atom is 0.159 e. The van der Waals surface area contributed by atoms with Crippen LogP contribution in [0, 0.1) is 17.1 Å². The molecule has 30 heavy (non-hydrogen) atoms. The predicted molar refractivity (Wildman–Crippen MR) is 119 cm³/mol. The van der Waals surface area contributed by atoms with Crippen LogP contribution in [0.5, 0.6) is 0 Å². The van der Waals surface area contributed by atoms with Gasteiger partial charge in [-0.1, -0.05) is 69.7 Å². The minimum absolute atomic E-state index is 0.0203. The number of aromatic nitrogens is 2. The van der Waals surface area contributed by atoms with Crippen LogP contribution in [0.4, 0.5) is 4.39 Å². The van der Waals surface area contributed by atoms with Crippen LogP contribution >= 0.6 is 0 Å². The van der Waals surface area contributed by atoms with Gasteiger partial charge in [0.25, 0.3) is 0 Å². The highest BCUT2D eigenvalue weighted by molar-refractivity contribution is 5.64. The molecule has 0 spiro atoms. The second kappa shape index (κ2) is 11.2. The fourth-order valence-electron chi connectivity index (χ4n) is 3.52. The predicted octanol–water partition coefficient (Wildman–Crippen LogP) is 7.11. The molecule has 1 aromatic heterocycles. The summed E-state index contributed by atoms with van der Waals surface area (Å²) < 4.78 is 13.8. The number of benzene rings is 2. The second-order valence-corrected chi connectivity index (χ2v) is 7.67. The zero-order chi connectivity index (χ0) is 21.2. The van der Waals surface area contributed by atoms with Gasteiger partial charge in [0.2, 0.25) is 0 Å². The molecule has 0 aliphatic carbocycles. The van der Waals surface area contributed by atoms with Crippen molar-refractivity contribution in [1.29, 1.82) is 5.26 Å². The van der Waals surface area contributed by atoms with Gasteiger partial charge in [-0.15, -0.1) is 0 Å². The normalized spacial score (nSPS) is 10.7. The van der Waals surface area contributed by atoms with Crippen molar-refractivity contribution in [2.45, 2.75) is 58.3 Å². The lowest BCUT2D eigenvalue weighted by Crippen LogP contribution is -1.92. The number of halogens is 1. The summed E-state index contributed by atoms with van der Waals surface area (Å²) in [5.41, 5.74) is 3.93. The molecule has 0 fully saturated rings. The van der Waals surface area contributed by atoms with Crippen LogP contribution < -0.4 is 0 Å². The number of nitriles is 1. The first-order valence-corrected chi connectivity index (χ1v) is 10.8. The van der Waals surface area contributed by atoms with Crippen LogP contribution in [0.1, 0.15) is 63.0 Å². The van der Waals surface area contributed by atoms with Crippen molar-refractivity contribution in [3.05, 3.63) is 71.8 Å². The third-order valence-corrected chi connectivity index (χ3v) is 5.36. The highest BCUT2D eigenvalue weighted by Gasteiger charge is 2.07. The van der Waals surface area contributed by atoms with E-state index in [4.69, 9.17) is 5.26 Å². The van der Waals surface area contributed by atoms with E-state index in [9.17, 15) is 4.39 Å². The van der Waals surface area contributed by atoms with Crippen molar-refractivity contribution in [2.75, 3.05) is 0 Å². The molecule has 0 saturated carbocycles. The van der Waals surface area contributed by atoms with Gasteiger partial charge >= 0.3 is 0 Å². The van der Waals surface area contributed by atoms with E-state index in [0.717, 1.165) is 17.5 Å². The average Bonchev–Trinajstić information content (AvgIpc) is 2.79. The van der Waals surface area contributed by atoms with Gasteiger partial charge in [-0.2, -0.15) is 5.26 Å². The summed E-state index contributed by atoms with van der Waals surface area (Å²) >= 11 is 0. The topological polar surface area (TPSA) is 49.6 Å². The van der Waals surface area contributed by atoms with Crippen molar-refractivity contribution in [2.24, 2.45) is 0 Å². The summed E-state index contributed by atoms with van der Waals surface area (Å²) in [5, 5.41) is 8.84. The Morgan fingerprint density at radius 2 is 1.43 bits per heavy atom. The molecular formula is C26H28FN3. The van der Waals surface area contributed by atoms with Crippen LogP contribution in [0.3, 0.4) is 0 Å². The van der Waals surface area contributed by atoms with Crippen molar-refractivity contribution < 1.29 is 4.39 Å². The molecule has 3 rings (SSSR count). The Morgan fingerprint density at radius 1 is 0.800 bits per heavy atom. The quantitative estimate of drug-likeness (QED) is 0.340. The fourth-order valence-corrected chi connectivity index (χ4v) is 3.52. The van der Waals surface area contributed by atoms with Gasteiger partial charge in [-0.25, -0.2) is 14.4 Å². The minimum Gasteiger partial charge on any atom is -0.236 e. The van der Waals surface area contributed by atoms with Gasteiger partial charge in [0.1, 0.15) is 11.9 Å². The van der Waals surface area contributed by atoms with E-state index in [1.54, 1.807) is 18.5 Å². The van der Waals surface area contributed by atoms with E-state index in [1.807, 2.05) is 6.07 Å². The molecule has 0 unspecified atom stereocenters. The molecule has 3 aromatic rings. The van der Waals surface area contributed by atoms with Crippen LogP contribution in [0.15, 0.2) is 54.9 Å². The molecule has 4 heteroatoms. The van der Waals surface area contributed by atoms with Crippen molar-refractivity contribution >= 4 is 0 Å². The molecule has 3 nitrogen and oxygen atoms in total. The molecule has 0 atom stereocenters. The molecule has 0 bridgehead atoms. The Bertz CT molecular complexity index is 973.